The molecule has 0 aromatic heterocycles. The van der Waals surface area contributed by atoms with Crippen molar-refractivity contribution in [2.45, 2.75) is 57.5 Å². The van der Waals surface area contributed by atoms with E-state index in [9.17, 15) is 8.42 Å². The molecule has 0 fully saturated rings. The summed E-state index contributed by atoms with van der Waals surface area (Å²) in [5, 5.41) is 12.3. The summed E-state index contributed by atoms with van der Waals surface area (Å²) in [6.45, 7) is 8.99. The number of hydrogen-bond acceptors (Lipinski definition) is 4. The van der Waals surface area contributed by atoms with Crippen LogP contribution in [0.4, 0.5) is 0 Å². The first-order valence-corrected chi connectivity index (χ1v) is 9.77. The van der Waals surface area contributed by atoms with E-state index in [4.69, 9.17) is 5.11 Å². The van der Waals surface area contributed by atoms with Gasteiger partial charge >= 0.3 is 0 Å². The quantitative estimate of drug-likeness (QED) is 0.685. The van der Waals surface area contributed by atoms with Crippen LogP contribution in [0, 0.1) is 0 Å². The Bertz CT molecular complexity index is 554. The molecule has 0 heterocycles. The Morgan fingerprint density at radius 2 is 1.70 bits per heavy atom. The topological polar surface area (TPSA) is 69.6 Å². The van der Waals surface area contributed by atoms with E-state index < -0.39 is 10.0 Å². The van der Waals surface area contributed by atoms with Gasteiger partial charge in [0.05, 0.1) is 4.90 Å². The molecule has 0 aliphatic heterocycles. The maximum atomic E-state index is 12.5. The van der Waals surface area contributed by atoms with Gasteiger partial charge in [0.15, 0.2) is 0 Å². The summed E-state index contributed by atoms with van der Waals surface area (Å²) in [7, 11) is -3.39. The van der Waals surface area contributed by atoms with Crippen molar-refractivity contribution in [1.82, 2.24) is 9.62 Å². The molecule has 0 aliphatic rings. The van der Waals surface area contributed by atoms with Crippen LogP contribution in [0.5, 0.6) is 0 Å². The van der Waals surface area contributed by atoms with E-state index in [0.29, 0.717) is 24.0 Å². The maximum absolute atomic E-state index is 12.5. The van der Waals surface area contributed by atoms with Gasteiger partial charge in [0.1, 0.15) is 0 Å². The fourth-order valence-corrected chi connectivity index (χ4v) is 4.10. The number of nitrogens with one attached hydrogen (secondary N) is 1. The summed E-state index contributed by atoms with van der Waals surface area (Å²) in [5.41, 5.74) is 1.05. The van der Waals surface area contributed by atoms with Gasteiger partial charge < -0.3 is 10.4 Å². The van der Waals surface area contributed by atoms with E-state index >= 15 is 0 Å². The van der Waals surface area contributed by atoms with Crippen LogP contribution in [0.15, 0.2) is 29.2 Å². The predicted octanol–water partition coefficient (Wildman–Crippen LogP) is 2.53. The monoisotopic (exact) mass is 342 g/mol. The van der Waals surface area contributed by atoms with Gasteiger partial charge in [0.25, 0.3) is 0 Å². The number of sulfonamides is 1. The van der Waals surface area contributed by atoms with Gasteiger partial charge in [0, 0.05) is 31.8 Å². The van der Waals surface area contributed by atoms with E-state index in [-0.39, 0.29) is 12.6 Å². The highest BCUT2D eigenvalue weighted by Crippen LogP contribution is 2.20. The Kier molecular flexibility index (Phi) is 8.19. The molecule has 1 aromatic carbocycles. The van der Waals surface area contributed by atoms with Crippen molar-refractivity contribution in [1.29, 1.82) is 0 Å². The number of hydrogen-bond donors (Lipinski definition) is 2. The summed E-state index contributed by atoms with van der Waals surface area (Å²) in [6.07, 6.45) is 1.69. The lowest BCUT2D eigenvalue weighted by molar-refractivity contribution is 0.274. The fraction of sp³-hybridized carbons (Fsp3) is 0.647. The maximum Gasteiger partial charge on any atom is 0.243 e. The third-order valence-electron chi connectivity index (χ3n) is 4.05. The van der Waals surface area contributed by atoms with Gasteiger partial charge in [0.2, 0.25) is 10.0 Å². The van der Waals surface area contributed by atoms with E-state index in [1.807, 2.05) is 26.0 Å². The number of rotatable bonds is 10. The molecule has 0 bridgehead atoms. The lowest BCUT2D eigenvalue weighted by Crippen LogP contribution is -2.31. The van der Waals surface area contributed by atoms with Gasteiger partial charge in [-0.2, -0.15) is 4.31 Å². The summed E-state index contributed by atoms with van der Waals surface area (Å²) >= 11 is 0. The van der Waals surface area contributed by atoms with Crippen molar-refractivity contribution in [2.24, 2.45) is 0 Å². The molecule has 0 unspecified atom stereocenters. The molecule has 0 saturated carbocycles. The molecule has 0 amide bonds. The zero-order valence-electron chi connectivity index (χ0n) is 14.6. The SMILES string of the molecule is CCN(CC)S(=O)(=O)c1ccc([C@@H](C)N[C@H](C)CCCO)cc1. The molecular formula is C17H30N2O3S. The van der Waals surface area contributed by atoms with Crippen molar-refractivity contribution in [2.75, 3.05) is 19.7 Å². The molecule has 0 aliphatic carbocycles. The van der Waals surface area contributed by atoms with Crippen LogP contribution in [-0.4, -0.2) is 43.6 Å². The number of benzene rings is 1. The second kappa shape index (κ2) is 9.37. The van der Waals surface area contributed by atoms with Crippen LogP contribution in [0.2, 0.25) is 0 Å². The second-order valence-corrected chi connectivity index (χ2v) is 7.75. The van der Waals surface area contributed by atoms with Crippen molar-refractivity contribution in [3.05, 3.63) is 29.8 Å². The van der Waals surface area contributed by atoms with E-state index in [1.165, 1.54) is 4.31 Å². The zero-order chi connectivity index (χ0) is 17.5. The van der Waals surface area contributed by atoms with Gasteiger partial charge in [-0.05, 0) is 44.4 Å². The summed E-state index contributed by atoms with van der Waals surface area (Å²) in [6, 6.07) is 7.53. The minimum Gasteiger partial charge on any atom is -0.396 e. The minimum absolute atomic E-state index is 0.133. The lowest BCUT2D eigenvalue weighted by atomic mass is 10.1. The van der Waals surface area contributed by atoms with E-state index in [2.05, 4.69) is 19.2 Å². The van der Waals surface area contributed by atoms with Crippen molar-refractivity contribution < 1.29 is 13.5 Å². The average molecular weight is 343 g/mol. The van der Waals surface area contributed by atoms with Crippen LogP contribution < -0.4 is 5.32 Å². The molecule has 0 spiro atoms. The number of aliphatic hydroxyl groups is 1. The highest BCUT2D eigenvalue weighted by atomic mass is 32.2. The third kappa shape index (κ3) is 5.57. The molecule has 1 aromatic rings. The molecule has 6 heteroatoms. The third-order valence-corrected chi connectivity index (χ3v) is 6.12. The molecule has 5 nitrogen and oxygen atoms in total. The Morgan fingerprint density at radius 3 is 2.17 bits per heavy atom. The fourth-order valence-electron chi connectivity index (χ4n) is 2.64. The van der Waals surface area contributed by atoms with Crippen LogP contribution in [0.25, 0.3) is 0 Å². The first kappa shape index (κ1) is 20.1. The molecule has 1 rings (SSSR count). The van der Waals surface area contributed by atoms with E-state index in [0.717, 1.165) is 18.4 Å². The Hall–Kier alpha value is -0.950. The lowest BCUT2D eigenvalue weighted by Gasteiger charge is -2.21. The van der Waals surface area contributed by atoms with Crippen molar-refractivity contribution >= 4 is 10.0 Å². The highest BCUT2D eigenvalue weighted by molar-refractivity contribution is 7.89. The molecule has 2 atom stereocenters. The average Bonchev–Trinajstić information content (AvgIpc) is 2.53. The Morgan fingerprint density at radius 1 is 1.13 bits per heavy atom. The van der Waals surface area contributed by atoms with Gasteiger partial charge in [-0.1, -0.05) is 26.0 Å². The number of nitrogens with zero attached hydrogens (tertiary/aromatic N) is 1. The second-order valence-electron chi connectivity index (χ2n) is 5.81. The predicted molar refractivity (Wildman–Crippen MR) is 93.9 cm³/mol. The molecule has 0 saturated heterocycles. The van der Waals surface area contributed by atoms with Gasteiger partial charge in [-0.3, -0.25) is 0 Å². The van der Waals surface area contributed by atoms with Crippen LogP contribution in [-0.2, 0) is 10.0 Å². The van der Waals surface area contributed by atoms with Crippen molar-refractivity contribution in [3.8, 4) is 0 Å². The minimum atomic E-state index is -3.39. The molecule has 2 N–H and O–H groups in total. The molecule has 132 valence electrons. The normalized spacial score (nSPS) is 14.9. The van der Waals surface area contributed by atoms with Crippen molar-refractivity contribution in [3.63, 3.8) is 0 Å². The molecule has 0 radical (unpaired) electrons. The highest BCUT2D eigenvalue weighted by Gasteiger charge is 2.21. The number of aliphatic hydroxyl groups excluding tert-OH is 1. The van der Waals surface area contributed by atoms with E-state index in [1.54, 1.807) is 12.1 Å². The van der Waals surface area contributed by atoms with Gasteiger partial charge in [-0.25, -0.2) is 8.42 Å². The molecular weight excluding hydrogens is 312 g/mol. The molecule has 23 heavy (non-hydrogen) atoms. The van der Waals surface area contributed by atoms with Crippen LogP contribution >= 0.6 is 0 Å². The summed E-state index contributed by atoms with van der Waals surface area (Å²) in [4.78, 5) is 0.338. The van der Waals surface area contributed by atoms with Crippen LogP contribution in [0.3, 0.4) is 0 Å². The van der Waals surface area contributed by atoms with Gasteiger partial charge in [-0.15, -0.1) is 0 Å². The first-order valence-electron chi connectivity index (χ1n) is 8.33. The summed E-state index contributed by atoms with van der Waals surface area (Å²) in [5.74, 6) is 0. The van der Waals surface area contributed by atoms with Crippen LogP contribution in [0.1, 0.15) is 52.1 Å². The largest absolute Gasteiger partial charge is 0.396 e. The first-order chi connectivity index (χ1) is 10.9. The Labute approximate surface area is 140 Å². The zero-order valence-corrected chi connectivity index (χ0v) is 15.4. The smallest absolute Gasteiger partial charge is 0.243 e. The standard InChI is InChI=1S/C17H30N2O3S/c1-5-19(6-2)23(21,22)17-11-9-16(10-12-17)15(4)18-14(3)8-7-13-20/h9-12,14-15,18,20H,5-8,13H2,1-4H3/t14-,15-/m1/s1. The summed E-state index contributed by atoms with van der Waals surface area (Å²) < 4.78 is 26.4. The Balaban J connectivity index is 2.80.